The highest BCUT2D eigenvalue weighted by Crippen LogP contribution is 2.34. The lowest BCUT2D eigenvalue weighted by Crippen LogP contribution is -2.40. The summed E-state index contributed by atoms with van der Waals surface area (Å²) in [6.45, 7) is 3.70. The van der Waals surface area contributed by atoms with E-state index in [1.54, 1.807) is 24.7 Å². The zero-order chi connectivity index (χ0) is 28.5. The van der Waals surface area contributed by atoms with Crippen LogP contribution in [0.1, 0.15) is 43.6 Å². The second-order valence-electron chi connectivity index (χ2n) is 10.0. The van der Waals surface area contributed by atoms with Crippen LogP contribution in [0.5, 0.6) is 5.75 Å². The summed E-state index contributed by atoms with van der Waals surface area (Å²) in [6, 6.07) is 17.9. The fraction of sp³-hybridized carbons (Fsp3) is 0.258. The van der Waals surface area contributed by atoms with Gasteiger partial charge >= 0.3 is 0 Å². The van der Waals surface area contributed by atoms with Crippen LogP contribution in [-0.2, 0) is 4.79 Å². The number of furan rings is 1. The van der Waals surface area contributed by atoms with Crippen LogP contribution in [0.2, 0.25) is 0 Å². The molecule has 1 N–H and O–H groups in total. The number of hydrogen-bond donors (Lipinski definition) is 1. The first-order valence-electron chi connectivity index (χ1n) is 13.5. The molecule has 1 atom stereocenters. The van der Waals surface area contributed by atoms with Crippen LogP contribution in [0.3, 0.4) is 0 Å². The Labute approximate surface area is 249 Å². The zero-order valence-electron chi connectivity index (χ0n) is 22.7. The first kappa shape index (κ1) is 27.3. The first-order chi connectivity index (χ1) is 19.9. The molecule has 1 fully saturated rings. The van der Waals surface area contributed by atoms with Gasteiger partial charge in [-0.15, -0.1) is 0 Å². The molecule has 41 heavy (non-hydrogen) atoms. The van der Waals surface area contributed by atoms with E-state index in [0.29, 0.717) is 37.8 Å². The van der Waals surface area contributed by atoms with E-state index in [9.17, 15) is 9.59 Å². The molecular weight excluding hydrogens is 604 g/mol. The number of aromatic nitrogens is 1. The van der Waals surface area contributed by atoms with Crippen molar-refractivity contribution >= 4 is 50.8 Å². The number of allylic oxidation sites excluding steroid dienone is 1. The number of benzene rings is 2. The number of thiazole rings is 1. The minimum Gasteiger partial charge on any atom is -0.497 e. The van der Waals surface area contributed by atoms with E-state index in [1.807, 2.05) is 60.7 Å². The lowest BCUT2D eigenvalue weighted by Gasteiger charge is -2.26. The molecule has 10 heteroatoms. The van der Waals surface area contributed by atoms with Gasteiger partial charge in [0.2, 0.25) is 5.88 Å². The van der Waals surface area contributed by atoms with Gasteiger partial charge in [0.05, 0.1) is 33.4 Å². The van der Waals surface area contributed by atoms with Crippen molar-refractivity contribution in [1.82, 2.24) is 4.57 Å². The number of nitrogens with zero attached hydrogens (tertiary/aromatic N) is 3. The molecule has 6 rings (SSSR count). The number of carbonyl (C=O) groups excluding carboxylic acids is 1. The number of rotatable bonds is 6. The first-order valence-corrected chi connectivity index (χ1v) is 15.1. The van der Waals surface area contributed by atoms with Crippen molar-refractivity contribution in [2.24, 2.45) is 4.99 Å². The Kier molecular flexibility index (Phi) is 7.68. The zero-order valence-corrected chi connectivity index (χ0v) is 25.1. The lowest BCUT2D eigenvalue weighted by atomic mass is 9.95. The minimum atomic E-state index is -0.695. The summed E-state index contributed by atoms with van der Waals surface area (Å²) in [5.74, 6) is 1.68. The topological polar surface area (TPSA) is 89.1 Å². The summed E-state index contributed by atoms with van der Waals surface area (Å²) < 4.78 is 14.6. The van der Waals surface area contributed by atoms with E-state index in [4.69, 9.17) is 14.1 Å². The van der Waals surface area contributed by atoms with Crippen molar-refractivity contribution in [3.05, 3.63) is 107 Å². The molecule has 0 radical (unpaired) electrons. The normalized spacial score (nSPS) is 17.3. The van der Waals surface area contributed by atoms with Crippen molar-refractivity contribution in [2.75, 3.05) is 30.4 Å². The van der Waals surface area contributed by atoms with Crippen LogP contribution >= 0.6 is 27.3 Å². The summed E-state index contributed by atoms with van der Waals surface area (Å²) in [6.07, 6.45) is 5.24. The van der Waals surface area contributed by atoms with Crippen molar-refractivity contribution in [3.63, 3.8) is 0 Å². The summed E-state index contributed by atoms with van der Waals surface area (Å²) in [7, 11) is 1.59. The van der Waals surface area contributed by atoms with Gasteiger partial charge in [0, 0.05) is 30.9 Å². The second kappa shape index (κ2) is 11.5. The third-order valence-corrected chi connectivity index (χ3v) is 8.86. The second-order valence-corrected chi connectivity index (χ2v) is 11.9. The molecule has 0 spiro atoms. The fourth-order valence-corrected chi connectivity index (χ4v) is 6.93. The van der Waals surface area contributed by atoms with Crippen LogP contribution in [-0.4, -0.2) is 30.7 Å². The number of methoxy groups -OCH3 is 1. The maximum Gasteiger partial charge on any atom is 0.271 e. The Hall–Kier alpha value is -3.89. The smallest absolute Gasteiger partial charge is 0.271 e. The third-order valence-electron chi connectivity index (χ3n) is 7.31. The van der Waals surface area contributed by atoms with Gasteiger partial charge < -0.3 is 19.4 Å². The number of amides is 1. The predicted molar refractivity (Wildman–Crippen MR) is 164 cm³/mol. The summed E-state index contributed by atoms with van der Waals surface area (Å²) >= 11 is 4.92. The SMILES string of the molecule is COc1cccc([C@@H]2C(C(=O)Nc3ccccc3)=C(C)N=c3s/c(=C/c4cc(Br)c(N5CCCCC5)o4)c(=O)n32)c1. The van der Waals surface area contributed by atoms with Crippen LogP contribution in [0, 0.1) is 0 Å². The van der Waals surface area contributed by atoms with Gasteiger partial charge in [0.1, 0.15) is 11.5 Å². The van der Waals surface area contributed by atoms with Crippen molar-refractivity contribution in [2.45, 2.75) is 32.2 Å². The molecule has 2 aliphatic heterocycles. The molecule has 0 unspecified atom stereocenters. The molecule has 1 amide bonds. The van der Waals surface area contributed by atoms with E-state index in [1.165, 1.54) is 17.8 Å². The third kappa shape index (κ3) is 5.41. The highest BCUT2D eigenvalue weighted by molar-refractivity contribution is 9.10. The predicted octanol–water partition coefficient (Wildman–Crippen LogP) is 5.23. The number of nitrogens with one attached hydrogen (secondary N) is 1. The van der Waals surface area contributed by atoms with Crippen LogP contribution in [0.25, 0.3) is 6.08 Å². The standard InChI is InChI=1S/C31H29BrN4O4S/c1-19-26(28(37)34-21-11-5-3-6-12-21)27(20-10-9-13-22(16-20)39-2)36-29(38)25(41-31(36)33-19)18-23-17-24(32)30(40-23)35-14-7-4-8-15-35/h3,5-6,9-13,16-18,27H,4,7-8,14-15H2,1-2H3,(H,34,37)/b25-18+/t27-/m1/s1. The molecule has 0 saturated carbocycles. The van der Waals surface area contributed by atoms with Crippen molar-refractivity contribution in [1.29, 1.82) is 0 Å². The maximum absolute atomic E-state index is 14.0. The van der Waals surface area contributed by atoms with Crippen molar-refractivity contribution in [3.8, 4) is 5.75 Å². The Balaban J connectivity index is 1.46. The molecule has 4 aromatic rings. The number of piperidine rings is 1. The highest BCUT2D eigenvalue weighted by Gasteiger charge is 2.33. The van der Waals surface area contributed by atoms with Gasteiger partial charge in [-0.3, -0.25) is 14.2 Å². The van der Waals surface area contributed by atoms with Crippen LogP contribution in [0.15, 0.2) is 90.6 Å². The lowest BCUT2D eigenvalue weighted by molar-refractivity contribution is -0.113. The Morgan fingerprint density at radius 1 is 1.12 bits per heavy atom. The van der Waals surface area contributed by atoms with Crippen molar-refractivity contribution < 1.29 is 13.9 Å². The number of fused-ring (bicyclic) bond motifs is 1. The van der Waals surface area contributed by atoms with E-state index in [2.05, 4.69) is 26.1 Å². The van der Waals surface area contributed by atoms with E-state index < -0.39 is 6.04 Å². The fourth-order valence-electron chi connectivity index (χ4n) is 5.35. The molecule has 210 valence electrons. The number of para-hydroxylation sites is 1. The Morgan fingerprint density at radius 2 is 1.90 bits per heavy atom. The summed E-state index contributed by atoms with van der Waals surface area (Å²) in [4.78, 5) is 35.2. The average molecular weight is 634 g/mol. The number of anilines is 2. The number of hydrogen-bond acceptors (Lipinski definition) is 7. The summed E-state index contributed by atoms with van der Waals surface area (Å²) in [5.41, 5.74) is 2.11. The molecule has 2 aromatic heterocycles. The van der Waals surface area contributed by atoms with Crippen LogP contribution in [0.4, 0.5) is 11.6 Å². The monoisotopic (exact) mass is 632 g/mol. The Bertz CT molecular complexity index is 1820. The number of carbonyl (C=O) groups is 1. The van der Waals surface area contributed by atoms with Crippen LogP contribution < -0.4 is 29.8 Å². The minimum absolute atomic E-state index is 0.244. The molecule has 0 aliphatic carbocycles. The van der Waals surface area contributed by atoms with Gasteiger partial charge in [-0.1, -0.05) is 41.7 Å². The summed E-state index contributed by atoms with van der Waals surface area (Å²) in [5, 5.41) is 2.97. The molecule has 8 nitrogen and oxygen atoms in total. The molecule has 1 saturated heterocycles. The molecular formula is C31H29BrN4O4S. The van der Waals surface area contributed by atoms with Gasteiger partial charge in [-0.05, 0) is 71.9 Å². The molecule has 2 aliphatic rings. The largest absolute Gasteiger partial charge is 0.497 e. The van der Waals surface area contributed by atoms with E-state index >= 15 is 0 Å². The van der Waals surface area contributed by atoms with E-state index in [0.717, 1.165) is 41.9 Å². The van der Waals surface area contributed by atoms with Gasteiger partial charge in [0.25, 0.3) is 11.5 Å². The number of ether oxygens (including phenoxy) is 1. The molecule has 0 bridgehead atoms. The molecule has 2 aromatic carbocycles. The van der Waals surface area contributed by atoms with E-state index in [-0.39, 0.29) is 11.5 Å². The van der Waals surface area contributed by atoms with Gasteiger partial charge in [-0.25, -0.2) is 4.99 Å². The van der Waals surface area contributed by atoms with Gasteiger partial charge in [0.15, 0.2) is 4.80 Å². The van der Waals surface area contributed by atoms with Gasteiger partial charge in [-0.2, -0.15) is 0 Å². The molecule has 4 heterocycles. The Morgan fingerprint density at radius 3 is 2.66 bits per heavy atom. The number of halogens is 1. The highest BCUT2D eigenvalue weighted by atomic mass is 79.9. The average Bonchev–Trinajstić information content (AvgIpc) is 3.51. The quantitative estimate of drug-likeness (QED) is 0.314. The maximum atomic E-state index is 14.0.